The van der Waals surface area contributed by atoms with Crippen LogP contribution < -0.4 is 9.47 Å². The molecule has 0 spiro atoms. The van der Waals surface area contributed by atoms with Crippen molar-refractivity contribution < 1.29 is 19.0 Å². The summed E-state index contributed by atoms with van der Waals surface area (Å²) in [6, 6.07) is 11.0. The Kier molecular flexibility index (Phi) is 3.67. The van der Waals surface area contributed by atoms with Gasteiger partial charge in [0, 0.05) is 11.6 Å². The molecule has 0 heterocycles. The largest absolute Gasteiger partial charge is 0.507 e. The van der Waals surface area contributed by atoms with Crippen molar-refractivity contribution in [3.63, 3.8) is 0 Å². The van der Waals surface area contributed by atoms with Gasteiger partial charge >= 0.3 is 0 Å². The minimum atomic E-state index is -0.478. The van der Waals surface area contributed by atoms with Gasteiger partial charge in [0.2, 0.25) is 0 Å². The van der Waals surface area contributed by atoms with Gasteiger partial charge in [-0.2, -0.15) is 0 Å². The fourth-order valence-electron chi connectivity index (χ4n) is 1.55. The van der Waals surface area contributed by atoms with Gasteiger partial charge in [0.25, 0.3) is 0 Å². The molecule has 3 nitrogen and oxygen atoms in total. The third kappa shape index (κ3) is 2.71. The van der Waals surface area contributed by atoms with Gasteiger partial charge in [-0.25, -0.2) is 4.39 Å². The maximum absolute atomic E-state index is 12.8. The van der Waals surface area contributed by atoms with Gasteiger partial charge in [-0.1, -0.05) is 12.1 Å². The van der Waals surface area contributed by atoms with Gasteiger partial charge < -0.3 is 14.6 Å². The molecule has 2 rings (SSSR count). The molecule has 0 unspecified atom stereocenters. The third-order valence-corrected chi connectivity index (χ3v) is 2.50. The zero-order chi connectivity index (χ0) is 13.0. The molecule has 0 saturated heterocycles. The minimum absolute atomic E-state index is 0.120. The Morgan fingerprint density at radius 2 is 1.83 bits per heavy atom. The summed E-state index contributed by atoms with van der Waals surface area (Å²) in [5.74, 6) is 0.585. The molecule has 2 aromatic carbocycles. The molecule has 0 aliphatic rings. The molecule has 4 heteroatoms. The van der Waals surface area contributed by atoms with Crippen LogP contribution in [-0.2, 0) is 6.61 Å². The maximum atomic E-state index is 12.8. The summed E-state index contributed by atoms with van der Waals surface area (Å²) in [5, 5.41) is 9.54. The lowest BCUT2D eigenvalue weighted by atomic mass is 10.2. The summed E-state index contributed by atoms with van der Waals surface area (Å²) in [5.41, 5.74) is 0.516. The van der Waals surface area contributed by atoms with E-state index in [1.165, 1.54) is 12.1 Å². The van der Waals surface area contributed by atoms with E-state index >= 15 is 0 Å². The number of ether oxygens (including phenoxy) is 2. The number of halogens is 1. The molecule has 2 aromatic rings. The van der Waals surface area contributed by atoms with E-state index in [-0.39, 0.29) is 12.4 Å². The molecule has 94 valence electrons. The van der Waals surface area contributed by atoms with Crippen LogP contribution in [0, 0.1) is 5.82 Å². The number of aromatic hydroxyl groups is 1. The van der Waals surface area contributed by atoms with Gasteiger partial charge in [-0.15, -0.1) is 0 Å². The van der Waals surface area contributed by atoms with Gasteiger partial charge in [0.1, 0.15) is 18.2 Å². The quantitative estimate of drug-likeness (QED) is 0.903. The first-order valence-corrected chi connectivity index (χ1v) is 5.44. The van der Waals surface area contributed by atoms with E-state index in [1.807, 2.05) is 12.1 Å². The second-order valence-corrected chi connectivity index (χ2v) is 3.71. The van der Waals surface area contributed by atoms with Crippen LogP contribution >= 0.6 is 0 Å². The van der Waals surface area contributed by atoms with Crippen molar-refractivity contribution in [2.45, 2.75) is 6.61 Å². The Labute approximate surface area is 104 Å². The van der Waals surface area contributed by atoms with Crippen LogP contribution in [0.5, 0.6) is 17.2 Å². The van der Waals surface area contributed by atoms with Crippen molar-refractivity contribution >= 4 is 0 Å². The van der Waals surface area contributed by atoms with Crippen LogP contribution in [0.4, 0.5) is 4.39 Å². The van der Waals surface area contributed by atoms with Crippen molar-refractivity contribution in [2.24, 2.45) is 0 Å². The van der Waals surface area contributed by atoms with Gasteiger partial charge in [0.05, 0.1) is 7.11 Å². The van der Waals surface area contributed by atoms with E-state index in [4.69, 9.17) is 9.47 Å². The van der Waals surface area contributed by atoms with Crippen LogP contribution in [0.15, 0.2) is 42.5 Å². The second kappa shape index (κ2) is 5.40. The second-order valence-electron chi connectivity index (χ2n) is 3.71. The monoisotopic (exact) mass is 248 g/mol. The van der Waals surface area contributed by atoms with Crippen molar-refractivity contribution in [1.82, 2.24) is 0 Å². The Balaban J connectivity index is 2.11. The molecule has 0 amide bonds. The maximum Gasteiger partial charge on any atom is 0.161 e. The molecule has 0 aliphatic heterocycles. The average Bonchev–Trinajstić information content (AvgIpc) is 2.38. The van der Waals surface area contributed by atoms with Crippen molar-refractivity contribution in [1.29, 1.82) is 0 Å². The predicted molar refractivity (Wildman–Crippen MR) is 65.4 cm³/mol. The first-order chi connectivity index (χ1) is 8.70. The van der Waals surface area contributed by atoms with E-state index in [9.17, 15) is 9.50 Å². The fourth-order valence-corrected chi connectivity index (χ4v) is 1.55. The zero-order valence-corrected chi connectivity index (χ0v) is 9.89. The fraction of sp³-hybridized carbons (Fsp3) is 0.143. The van der Waals surface area contributed by atoms with E-state index in [0.717, 1.165) is 6.07 Å². The number of methoxy groups -OCH3 is 1. The Morgan fingerprint density at radius 3 is 2.50 bits per heavy atom. The highest BCUT2D eigenvalue weighted by atomic mass is 19.1. The van der Waals surface area contributed by atoms with E-state index in [2.05, 4.69) is 0 Å². The first kappa shape index (κ1) is 12.2. The Bertz CT molecular complexity index is 540. The molecular weight excluding hydrogens is 235 g/mol. The molecule has 0 radical (unpaired) electrons. The SMILES string of the molecule is COc1ccccc1OCc1ccc(F)cc1O. The van der Waals surface area contributed by atoms with Crippen molar-refractivity contribution in [3.05, 3.63) is 53.8 Å². The summed E-state index contributed by atoms with van der Waals surface area (Å²) < 4.78 is 23.5. The molecule has 0 fully saturated rings. The van der Waals surface area contributed by atoms with Crippen LogP contribution in [0.25, 0.3) is 0 Å². The molecule has 0 atom stereocenters. The lowest BCUT2D eigenvalue weighted by Gasteiger charge is -2.11. The molecule has 1 N–H and O–H groups in total. The third-order valence-electron chi connectivity index (χ3n) is 2.50. The lowest BCUT2D eigenvalue weighted by Crippen LogP contribution is -1.98. The van der Waals surface area contributed by atoms with E-state index in [1.54, 1.807) is 19.2 Å². The zero-order valence-electron chi connectivity index (χ0n) is 9.89. The summed E-state index contributed by atoms with van der Waals surface area (Å²) in [6.07, 6.45) is 0. The summed E-state index contributed by atoms with van der Waals surface area (Å²) >= 11 is 0. The Morgan fingerprint density at radius 1 is 1.11 bits per heavy atom. The number of benzene rings is 2. The van der Waals surface area contributed by atoms with Gasteiger partial charge in [-0.05, 0) is 24.3 Å². The molecule has 0 saturated carbocycles. The highest BCUT2D eigenvalue weighted by molar-refractivity contribution is 5.40. The summed E-state index contributed by atoms with van der Waals surface area (Å²) in [4.78, 5) is 0. The minimum Gasteiger partial charge on any atom is -0.507 e. The lowest BCUT2D eigenvalue weighted by molar-refractivity contribution is 0.279. The Hall–Kier alpha value is -2.23. The molecule has 0 aliphatic carbocycles. The molecular formula is C14H13FO3. The van der Waals surface area contributed by atoms with Crippen molar-refractivity contribution in [3.8, 4) is 17.2 Å². The number of phenolic OH excluding ortho intramolecular Hbond substituents is 1. The summed E-state index contributed by atoms with van der Waals surface area (Å²) in [7, 11) is 1.55. The van der Waals surface area contributed by atoms with Crippen LogP contribution in [0.2, 0.25) is 0 Å². The first-order valence-electron chi connectivity index (χ1n) is 5.44. The number of rotatable bonds is 4. The van der Waals surface area contributed by atoms with Crippen LogP contribution in [0.3, 0.4) is 0 Å². The highest BCUT2D eigenvalue weighted by Crippen LogP contribution is 2.28. The normalized spacial score (nSPS) is 10.1. The number of hydrogen-bond acceptors (Lipinski definition) is 3. The number of hydrogen-bond donors (Lipinski definition) is 1. The molecule has 0 bridgehead atoms. The average molecular weight is 248 g/mol. The number of para-hydroxylation sites is 2. The summed E-state index contributed by atoms with van der Waals surface area (Å²) in [6.45, 7) is 0.145. The molecule has 18 heavy (non-hydrogen) atoms. The van der Waals surface area contributed by atoms with Crippen LogP contribution in [-0.4, -0.2) is 12.2 Å². The topological polar surface area (TPSA) is 38.7 Å². The van der Waals surface area contributed by atoms with Gasteiger partial charge in [0.15, 0.2) is 11.5 Å². The van der Waals surface area contributed by atoms with E-state index < -0.39 is 5.82 Å². The predicted octanol–water partition coefficient (Wildman–Crippen LogP) is 3.12. The van der Waals surface area contributed by atoms with Crippen molar-refractivity contribution in [2.75, 3.05) is 7.11 Å². The van der Waals surface area contributed by atoms with Crippen LogP contribution in [0.1, 0.15) is 5.56 Å². The highest BCUT2D eigenvalue weighted by Gasteiger charge is 2.06. The number of phenols is 1. The van der Waals surface area contributed by atoms with Gasteiger partial charge in [-0.3, -0.25) is 0 Å². The molecule has 0 aromatic heterocycles. The smallest absolute Gasteiger partial charge is 0.161 e. The standard InChI is InChI=1S/C14H13FO3/c1-17-13-4-2-3-5-14(13)18-9-10-6-7-11(15)8-12(10)16/h2-8,16H,9H2,1H3. The van der Waals surface area contributed by atoms with E-state index in [0.29, 0.717) is 17.1 Å².